The summed E-state index contributed by atoms with van der Waals surface area (Å²) in [5.41, 5.74) is 0.977. The standard InChI is InChI=1S/C24H30N2O7S/c1-15-8-10-26(11-9-15)34(29,30)17-7-6-16(2)18(12-17)23(27)25-20-14-22(32-4)21(31-3)13-19(20)24(28)33-5/h6-7,12-15H,8-11H2,1-5H3,(H,25,27). The Kier molecular flexibility index (Phi) is 7.83. The van der Waals surface area contributed by atoms with Crippen LogP contribution in [0.1, 0.15) is 46.0 Å². The summed E-state index contributed by atoms with van der Waals surface area (Å²) in [6.45, 7) is 4.72. The molecule has 0 saturated carbocycles. The molecule has 0 spiro atoms. The zero-order valence-corrected chi connectivity index (χ0v) is 20.8. The summed E-state index contributed by atoms with van der Waals surface area (Å²) in [6, 6.07) is 7.34. The van der Waals surface area contributed by atoms with Crippen LogP contribution in [0.5, 0.6) is 11.5 Å². The number of hydrogen-bond donors (Lipinski definition) is 1. The average Bonchev–Trinajstić information content (AvgIpc) is 2.83. The first-order valence-electron chi connectivity index (χ1n) is 10.9. The van der Waals surface area contributed by atoms with Crippen LogP contribution in [0.3, 0.4) is 0 Å². The fourth-order valence-corrected chi connectivity index (χ4v) is 5.33. The van der Waals surface area contributed by atoms with E-state index in [-0.39, 0.29) is 21.7 Å². The molecule has 1 heterocycles. The first-order chi connectivity index (χ1) is 16.1. The molecule has 0 unspecified atom stereocenters. The number of benzene rings is 2. The highest BCUT2D eigenvalue weighted by Gasteiger charge is 2.29. The van der Waals surface area contributed by atoms with E-state index in [1.807, 2.05) is 0 Å². The summed E-state index contributed by atoms with van der Waals surface area (Å²) in [5.74, 6) is -0.169. The van der Waals surface area contributed by atoms with Gasteiger partial charge in [0, 0.05) is 30.8 Å². The van der Waals surface area contributed by atoms with Crippen molar-refractivity contribution in [3.8, 4) is 11.5 Å². The van der Waals surface area contributed by atoms with Gasteiger partial charge in [-0.15, -0.1) is 0 Å². The summed E-state index contributed by atoms with van der Waals surface area (Å²) >= 11 is 0. The van der Waals surface area contributed by atoms with Crippen molar-refractivity contribution >= 4 is 27.6 Å². The van der Waals surface area contributed by atoms with Crippen LogP contribution < -0.4 is 14.8 Å². The molecular weight excluding hydrogens is 460 g/mol. The number of esters is 1. The number of amides is 1. The zero-order chi connectivity index (χ0) is 25.0. The Hall–Kier alpha value is -3.11. The van der Waals surface area contributed by atoms with Gasteiger partial charge in [0.25, 0.3) is 5.91 Å². The van der Waals surface area contributed by atoms with Crippen molar-refractivity contribution in [2.24, 2.45) is 5.92 Å². The Morgan fingerprint density at radius 3 is 2.18 bits per heavy atom. The molecule has 1 amide bonds. The van der Waals surface area contributed by atoms with Crippen molar-refractivity contribution in [1.29, 1.82) is 0 Å². The lowest BCUT2D eigenvalue weighted by Gasteiger charge is -2.29. The molecule has 2 aromatic rings. The lowest BCUT2D eigenvalue weighted by Crippen LogP contribution is -2.38. The van der Waals surface area contributed by atoms with Crippen LogP contribution >= 0.6 is 0 Å². The molecule has 9 nitrogen and oxygen atoms in total. The van der Waals surface area contributed by atoms with Crippen LogP contribution in [0.25, 0.3) is 0 Å². The molecule has 1 N–H and O–H groups in total. The highest BCUT2D eigenvalue weighted by atomic mass is 32.2. The van der Waals surface area contributed by atoms with Gasteiger partial charge in [-0.25, -0.2) is 13.2 Å². The molecule has 34 heavy (non-hydrogen) atoms. The monoisotopic (exact) mass is 490 g/mol. The number of sulfonamides is 1. The third-order valence-electron chi connectivity index (χ3n) is 6.01. The van der Waals surface area contributed by atoms with Gasteiger partial charge in [-0.2, -0.15) is 4.31 Å². The molecule has 3 rings (SSSR count). The molecule has 2 aromatic carbocycles. The molecule has 1 aliphatic heterocycles. The second-order valence-corrected chi connectivity index (χ2v) is 10.2. The number of hydrogen-bond acceptors (Lipinski definition) is 7. The highest BCUT2D eigenvalue weighted by molar-refractivity contribution is 7.89. The molecule has 0 atom stereocenters. The fourth-order valence-electron chi connectivity index (χ4n) is 3.83. The van der Waals surface area contributed by atoms with Crippen molar-refractivity contribution < 1.29 is 32.2 Å². The van der Waals surface area contributed by atoms with E-state index in [1.165, 1.54) is 49.9 Å². The van der Waals surface area contributed by atoms with Crippen LogP contribution in [0.15, 0.2) is 35.2 Å². The maximum absolute atomic E-state index is 13.2. The molecule has 0 aliphatic carbocycles. The Morgan fingerprint density at radius 2 is 1.59 bits per heavy atom. The minimum absolute atomic E-state index is 0.0540. The first kappa shape index (κ1) is 25.5. The van der Waals surface area contributed by atoms with Gasteiger partial charge < -0.3 is 19.5 Å². The number of piperidine rings is 1. The summed E-state index contributed by atoms with van der Waals surface area (Å²) in [4.78, 5) is 25.6. The second-order valence-electron chi connectivity index (χ2n) is 8.26. The van der Waals surface area contributed by atoms with E-state index < -0.39 is 21.9 Å². The van der Waals surface area contributed by atoms with Crippen LogP contribution in [-0.2, 0) is 14.8 Å². The smallest absolute Gasteiger partial charge is 0.340 e. The van der Waals surface area contributed by atoms with Crippen molar-refractivity contribution in [2.75, 3.05) is 39.7 Å². The van der Waals surface area contributed by atoms with E-state index in [1.54, 1.807) is 13.0 Å². The van der Waals surface area contributed by atoms with Gasteiger partial charge in [0.2, 0.25) is 10.0 Å². The lowest BCUT2D eigenvalue weighted by molar-refractivity contribution is 0.0601. The normalized spacial score (nSPS) is 15.0. The lowest BCUT2D eigenvalue weighted by atomic mass is 10.0. The van der Waals surface area contributed by atoms with Gasteiger partial charge in [0.05, 0.1) is 37.5 Å². The van der Waals surface area contributed by atoms with E-state index in [4.69, 9.17) is 14.2 Å². The molecular formula is C24H30N2O7S. The molecule has 184 valence electrons. The Balaban J connectivity index is 1.96. The van der Waals surface area contributed by atoms with Crippen LogP contribution in [0.2, 0.25) is 0 Å². The topological polar surface area (TPSA) is 111 Å². The largest absolute Gasteiger partial charge is 0.493 e. The first-order valence-corrected chi connectivity index (χ1v) is 12.3. The van der Waals surface area contributed by atoms with E-state index in [0.29, 0.717) is 36.1 Å². The molecule has 1 aliphatic rings. The van der Waals surface area contributed by atoms with E-state index in [9.17, 15) is 18.0 Å². The predicted molar refractivity (Wildman–Crippen MR) is 127 cm³/mol. The van der Waals surface area contributed by atoms with Gasteiger partial charge in [0.15, 0.2) is 11.5 Å². The second kappa shape index (κ2) is 10.4. The predicted octanol–water partition coefficient (Wildman–Crippen LogP) is 3.47. The number of carbonyl (C=O) groups is 2. The van der Waals surface area contributed by atoms with Gasteiger partial charge >= 0.3 is 5.97 Å². The highest BCUT2D eigenvalue weighted by Crippen LogP contribution is 2.34. The Bertz CT molecular complexity index is 1190. The maximum Gasteiger partial charge on any atom is 0.340 e. The van der Waals surface area contributed by atoms with Crippen molar-refractivity contribution in [3.63, 3.8) is 0 Å². The minimum atomic E-state index is -3.73. The molecule has 0 radical (unpaired) electrons. The Morgan fingerprint density at radius 1 is 0.971 bits per heavy atom. The Labute approximate surface area is 200 Å². The number of carbonyl (C=O) groups excluding carboxylic acids is 2. The van der Waals surface area contributed by atoms with Gasteiger partial charge in [-0.05, 0) is 43.4 Å². The third-order valence-corrected chi connectivity index (χ3v) is 7.91. The molecule has 0 aromatic heterocycles. The van der Waals surface area contributed by atoms with Crippen LogP contribution in [-0.4, -0.2) is 59.0 Å². The molecule has 1 fully saturated rings. The average molecular weight is 491 g/mol. The third kappa shape index (κ3) is 5.18. The van der Waals surface area contributed by atoms with Crippen molar-refractivity contribution in [3.05, 3.63) is 47.0 Å². The molecule has 1 saturated heterocycles. The summed E-state index contributed by atoms with van der Waals surface area (Å²) in [5, 5.41) is 2.69. The number of rotatable bonds is 7. The summed E-state index contributed by atoms with van der Waals surface area (Å²) in [7, 11) is 0.351. The molecule has 0 bridgehead atoms. The SMILES string of the molecule is COC(=O)c1cc(OC)c(OC)cc1NC(=O)c1cc(S(=O)(=O)N2CCC(C)CC2)ccc1C. The van der Waals surface area contributed by atoms with Gasteiger partial charge in [-0.3, -0.25) is 4.79 Å². The van der Waals surface area contributed by atoms with Crippen LogP contribution in [0, 0.1) is 12.8 Å². The number of nitrogens with zero attached hydrogens (tertiary/aromatic N) is 1. The van der Waals surface area contributed by atoms with E-state index in [2.05, 4.69) is 12.2 Å². The zero-order valence-electron chi connectivity index (χ0n) is 20.0. The number of methoxy groups -OCH3 is 3. The van der Waals surface area contributed by atoms with Gasteiger partial charge in [0.1, 0.15) is 0 Å². The minimum Gasteiger partial charge on any atom is -0.493 e. The maximum atomic E-state index is 13.2. The molecule has 10 heteroatoms. The van der Waals surface area contributed by atoms with Crippen molar-refractivity contribution in [1.82, 2.24) is 4.31 Å². The van der Waals surface area contributed by atoms with E-state index in [0.717, 1.165) is 12.8 Å². The van der Waals surface area contributed by atoms with Crippen LogP contribution in [0.4, 0.5) is 5.69 Å². The summed E-state index contributed by atoms with van der Waals surface area (Å²) in [6.07, 6.45) is 1.60. The number of anilines is 1. The van der Waals surface area contributed by atoms with Crippen molar-refractivity contribution in [2.45, 2.75) is 31.6 Å². The number of aryl methyl sites for hydroxylation is 1. The summed E-state index contributed by atoms with van der Waals surface area (Å²) < 4.78 is 43.2. The van der Waals surface area contributed by atoms with Gasteiger partial charge in [-0.1, -0.05) is 13.0 Å². The quantitative estimate of drug-likeness (QED) is 0.592. The fraction of sp³-hybridized carbons (Fsp3) is 0.417. The van der Waals surface area contributed by atoms with E-state index >= 15 is 0 Å². The number of nitrogens with one attached hydrogen (secondary N) is 1. The number of ether oxygens (including phenoxy) is 3.